The van der Waals surface area contributed by atoms with E-state index in [2.05, 4.69) is 16.2 Å². The molecule has 1 heterocycles. The molecule has 0 aromatic carbocycles. The molecule has 0 aliphatic heterocycles. The zero-order valence-corrected chi connectivity index (χ0v) is 10.7. The number of nitrogens with one attached hydrogen (secondary N) is 1. The zero-order valence-electron chi connectivity index (χ0n) is 9.17. The van der Waals surface area contributed by atoms with Crippen LogP contribution in [0, 0.1) is 12.3 Å². The summed E-state index contributed by atoms with van der Waals surface area (Å²) < 4.78 is 0. The highest BCUT2D eigenvalue weighted by molar-refractivity contribution is 6.34. The highest BCUT2D eigenvalue weighted by Gasteiger charge is 2.11. The molecule has 0 bridgehead atoms. The van der Waals surface area contributed by atoms with E-state index in [1.54, 1.807) is 6.07 Å². The second kappa shape index (κ2) is 7.16. The summed E-state index contributed by atoms with van der Waals surface area (Å²) in [6.45, 7) is 0.547. The second-order valence-corrected chi connectivity index (χ2v) is 4.18. The smallest absolute Gasteiger partial charge is 0.271 e. The molecule has 0 aliphatic carbocycles. The molecule has 0 radical (unpaired) electrons. The van der Waals surface area contributed by atoms with Gasteiger partial charge in [-0.3, -0.25) is 4.79 Å². The third-order valence-corrected chi connectivity index (χ3v) is 2.58. The van der Waals surface area contributed by atoms with Gasteiger partial charge in [0.2, 0.25) is 0 Å². The summed E-state index contributed by atoms with van der Waals surface area (Å²) >= 11 is 11.5. The normalized spacial score (nSPS) is 9.71. The number of rotatable bonds is 5. The third kappa shape index (κ3) is 4.64. The van der Waals surface area contributed by atoms with Crippen LogP contribution in [0.25, 0.3) is 0 Å². The zero-order chi connectivity index (χ0) is 12.7. The van der Waals surface area contributed by atoms with Crippen molar-refractivity contribution in [1.82, 2.24) is 10.3 Å². The highest BCUT2D eigenvalue weighted by atomic mass is 35.5. The molecule has 90 valence electrons. The van der Waals surface area contributed by atoms with Gasteiger partial charge in [0.15, 0.2) is 0 Å². The lowest BCUT2D eigenvalue weighted by Gasteiger charge is -2.05. The number of nitrogens with zero attached hydrogens (tertiary/aromatic N) is 1. The fraction of sp³-hybridized carbons (Fsp3) is 0.333. The molecule has 5 heteroatoms. The van der Waals surface area contributed by atoms with E-state index in [0.29, 0.717) is 13.0 Å². The van der Waals surface area contributed by atoms with Gasteiger partial charge in [-0.05, 0) is 25.0 Å². The lowest BCUT2D eigenvalue weighted by Crippen LogP contribution is -2.25. The van der Waals surface area contributed by atoms with Crippen molar-refractivity contribution < 1.29 is 4.79 Å². The molecule has 0 saturated heterocycles. The van der Waals surface area contributed by atoms with Gasteiger partial charge in [0.25, 0.3) is 5.91 Å². The quantitative estimate of drug-likeness (QED) is 0.508. The lowest BCUT2D eigenvalue weighted by atomic mass is 10.2. The first-order valence-corrected chi connectivity index (χ1v) is 5.94. The first-order chi connectivity index (χ1) is 8.15. The minimum Gasteiger partial charge on any atom is -0.351 e. The number of hydrogen-bond acceptors (Lipinski definition) is 2. The van der Waals surface area contributed by atoms with Gasteiger partial charge >= 0.3 is 0 Å². The minimum absolute atomic E-state index is 0.149. The molecule has 1 rings (SSSR count). The van der Waals surface area contributed by atoms with Crippen molar-refractivity contribution >= 4 is 29.1 Å². The molecular weight excluding hydrogens is 259 g/mol. The van der Waals surface area contributed by atoms with Crippen LogP contribution in [0.15, 0.2) is 12.1 Å². The summed E-state index contributed by atoms with van der Waals surface area (Å²) in [5.41, 5.74) is 0.149. The predicted octanol–water partition coefficient (Wildman–Crippen LogP) is 2.92. The third-order valence-electron chi connectivity index (χ3n) is 2.06. The number of halogens is 2. The summed E-state index contributed by atoms with van der Waals surface area (Å²) in [5.74, 6) is 2.22. The maximum atomic E-state index is 11.7. The van der Waals surface area contributed by atoms with Crippen LogP contribution < -0.4 is 5.32 Å². The molecular formula is C12H12Cl2N2O. The van der Waals surface area contributed by atoms with Crippen LogP contribution >= 0.6 is 23.2 Å². The van der Waals surface area contributed by atoms with Gasteiger partial charge in [0.05, 0.1) is 5.02 Å². The van der Waals surface area contributed by atoms with Crippen molar-refractivity contribution in [1.29, 1.82) is 0 Å². The standard InChI is InChI=1S/C12H12Cl2N2O/c1-2-3-4-5-8-15-12(17)11-9(13)6-7-10(14)16-11/h1,6-7H,3-5,8H2,(H,15,17). The van der Waals surface area contributed by atoms with Gasteiger partial charge in [0.1, 0.15) is 10.8 Å². The van der Waals surface area contributed by atoms with Crippen LogP contribution in [-0.4, -0.2) is 17.4 Å². The van der Waals surface area contributed by atoms with Crippen molar-refractivity contribution in [2.45, 2.75) is 19.3 Å². The molecule has 0 spiro atoms. The highest BCUT2D eigenvalue weighted by Crippen LogP contribution is 2.16. The molecule has 3 nitrogen and oxygen atoms in total. The Labute approximate surface area is 111 Å². The van der Waals surface area contributed by atoms with E-state index in [1.165, 1.54) is 6.07 Å². The fourth-order valence-electron chi connectivity index (χ4n) is 1.22. The number of carbonyl (C=O) groups excluding carboxylic acids is 1. The average Bonchev–Trinajstić information content (AvgIpc) is 2.32. The Morgan fingerprint density at radius 2 is 2.18 bits per heavy atom. The van der Waals surface area contributed by atoms with E-state index in [0.717, 1.165) is 12.8 Å². The SMILES string of the molecule is C#CCCCCNC(=O)c1nc(Cl)ccc1Cl. The van der Waals surface area contributed by atoms with E-state index >= 15 is 0 Å². The van der Waals surface area contributed by atoms with Crippen molar-refractivity contribution in [3.63, 3.8) is 0 Å². The Morgan fingerprint density at radius 3 is 2.88 bits per heavy atom. The van der Waals surface area contributed by atoms with Gasteiger partial charge in [-0.2, -0.15) is 0 Å². The topological polar surface area (TPSA) is 42.0 Å². The summed E-state index contributed by atoms with van der Waals surface area (Å²) in [4.78, 5) is 15.6. The molecule has 0 aliphatic rings. The van der Waals surface area contributed by atoms with E-state index < -0.39 is 0 Å². The van der Waals surface area contributed by atoms with Crippen molar-refractivity contribution in [3.8, 4) is 12.3 Å². The van der Waals surface area contributed by atoms with Crippen LogP contribution in [0.5, 0.6) is 0 Å². The minimum atomic E-state index is -0.321. The van der Waals surface area contributed by atoms with Crippen LogP contribution in [0.4, 0.5) is 0 Å². The number of terminal acetylenes is 1. The molecule has 0 atom stereocenters. The Balaban J connectivity index is 2.47. The molecule has 0 unspecified atom stereocenters. The number of hydrogen-bond donors (Lipinski definition) is 1. The summed E-state index contributed by atoms with van der Waals surface area (Å²) in [7, 11) is 0. The monoisotopic (exact) mass is 270 g/mol. The molecule has 1 N–H and O–H groups in total. The van der Waals surface area contributed by atoms with Gasteiger partial charge in [-0.15, -0.1) is 12.3 Å². The van der Waals surface area contributed by atoms with Gasteiger partial charge in [-0.25, -0.2) is 4.98 Å². The largest absolute Gasteiger partial charge is 0.351 e. The maximum Gasteiger partial charge on any atom is 0.271 e. The van der Waals surface area contributed by atoms with E-state index in [4.69, 9.17) is 29.6 Å². The fourth-order valence-corrected chi connectivity index (χ4v) is 1.55. The molecule has 1 aromatic rings. The van der Waals surface area contributed by atoms with Gasteiger partial charge < -0.3 is 5.32 Å². The Morgan fingerprint density at radius 1 is 1.41 bits per heavy atom. The van der Waals surface area contributed by atoms with Crippen molar-refractivity contribution in [2.24, 2.45) is 0 Å². The van der Waals surface area contributed by atoms with Crippen LogP contribution in [-0.2, 0) is 0 Å². The molecule has 1 amide bonds. The van der Waals surface area contributed by atoms with E-state index in [9.17, 15) is 4.79 Å². The summed E-state index contributed by atoms with van der Waals surface area (Å²) in [6.07, 6.45) is 7.54. The number of carbonyl (C=O) groups is 1. The van der Waals surface area contributed by atoms with Crippen molar-refractivity contribution in [2.75, 3.05) is 6.54 Å². The maximum absolute atomic E-state index is 11.7. The van der Waals surface area contributed by atoms with Crippen molar-refractivity contribution in [3.05, 3.63) is 28.0 Å². The average molecular weight is 271 g/mol. The molecule has 0 saturated carbocycles. The lowest BCUT2D eigenvalue weighted by molar-refractivity contribution is 0.0948. The summed E-state index contributed by atoms with van der Waals surface area (Å²) in [6, 6.07) is 3.08. The van der Waals surface area contributed by atoms with E-state index in [1.807, 2.05) is 0 Å². The van der Waals surface area contributed by atoms with E-state index in [-0.39, 0.29) is 21.8 Å². The molecule has 17 heavy (non-hydrogen) atoms. The Hall–Kier alpha value is -1.24. The number of pyridine rings is 1. The Kier molecular flexibility index (Phi) is 5.82. The van der Waals surface area contributed by atoms with Gasteiger partial charge in [0, 0.05) is 13.0 Å². The first-order valence-electron chi connectivity index (χ1n) is 5.19. The predicted molar refractivity (Wildman–Crippen MR) is 69.3 cm³/mol. The van der Waals surface area contributed by atoms with Crippen LogP contribution in [0.2, 0.25) is 10.2 Å². The van der Waals surface area contributed by atoms with Gasteiger partial charge in [-0.1, -0.05) is 23.2 Å². The van der Waals surface area contributed by atoms with Crippen LogP contribution in [0.3, 0.4) is 0 Å². The second-order valence-electron chi connectivity index (χ2n) is 3.38. The molecule has 0 fully saturated rings. The number of amides is 1. The summed E-state index contributed by atoms with van der Waals surface area (Å²) in [5, 5.41) is 3.24. The van der Waals surface area contributed by atoms with Crippen LogP contribution in [0.1, 0.15) is 29.8 Å². The first kappa shape index (κ1) is 13.8. The Bertz CT molecular complexity index is 441. The molecule has 1 aromatic heterocycles. The number of aromatic nitrogens is 1. The number of unbranched alkanes of at least 4 members (excludes halogenated alkanes) is 2.